The van der Waals surface area contributed by atoms with Gasteiger partial charge in [0, 0.05) is 25.2 Å². The van der Waals surface area contributed by atoms with E-state index in [1.165, 1.54) is 6.07 Å². The first-order chi connectivity index (χ1) is 9.95. The first-order valence-corrected chi connectivity index (χ1v) is 7.48. The molecule has 0 spiro atoms. The van der Waals surface area contributed by atoms with Crippen molar-refractivity contribution in [1.82, 2.24) is 0 Å². The number of carbonyl (C=O) groups is 1. The molecule has 0 aliphatic heterocycles. The topological polar surface area (TPSA) is 58.4 Å². The van der Waals surface area contributed by atoms with Crippen LogP contribution in [0.2, 0.25) is 0 Å². The van der Waals surface area contributed by atoms with Crippen molar-refractivity contribution in [1.29, 1.82) is 0 Å². The number of hydrogen-bond acceptors (Lipinski definition) is 3. The van der Waals surface area contributed by atoms with Crippen LogP contribution in [0, 0.1) is 5.82 Å². The van der Waals surface area contributed by atoms with Crippen molar-refractivity contribution >= 4 is 17.3 Å². The molecule has 0 aromatic heterocycles. The van der Waals surface area contributed by atoms with Crippen molar-refractivity contribution in [2.24, 2.45) is 5.73 Å². The molecule has 1 amide bonds. The van der Waals surface area contributed by atoms with Gasteiger partial charge in [-0.25, -0.2) is 4.39 Å². The zero-order chi connectivity index (χ0) is 15.8. The highest BCUT2D eigenvalue weighted by Gasteiger charge is 2.11. The third-order valence-electron chi connectivity index (χ3n) is 3.49. The van der Waals surface area contributed by atoms with Crippen LogP contribution in [0.4, 0.5) is 15.8 Å². The quantitative estimate of drug-likeness (QED) is 0.724. The van der Waals surface area contributed by atoms with E-state index in [0.717, 1.165) is 19.3 Å². The van der Waals surface area contributed by atoms with Crippen molar-refractivity contribution in [2.45, 2.75) is 45.6 Å². The average molecular weight is 295 g/mol. The van der Waals surface area contributed by atoms with E-state index < -0.39 is 0 Å². The smallest absolute Gasteiger partial charge is 0.224 e. The third kappa shape index (κ3) is 5.71. The van der Waals surface area contributed by atoms with Gasteiger partial charge in [0.15, 0.2) is 0 Å². The van der Waals surface area contributed by atoms with Gasteiger partial charge in [-0.2, -0.15) is 0 Å². The van der Waals surface area contributed by atoms with Gasteiger partial charge in [0.2, 0.25) is 5.91 Å². The highest BCUT2D eigenvalue weighted by Crippen LogP contribution is 2.23. The molecule has 1 aromatic carbocycles. The van der Waals surface area contributed by atoms with Crippen molar-refractivity contribution in [3.05, 3.63) is 24.0 Å². The van der Waals surface area contributed by atoms with E-state index in [1.807, 2.05) is 25.8 Å². The molecule has 0 fully saturated rings. The van der Waals surface area contributed by atoms with Gasteiger partial charge in [-0.05, 0) is 51.4 Å². The summed E-state index contributed by atoms with van der Waals surface area (Å²) in [5.41, 5.74) is 6.43. The molecular weight excluding hydrogens is 269 g/mol. The van der Waals surface area contributed by atoms with Crippen LogP contribution in [0.5, 0.6) is 0 Å². The van der Waals surface area contributed by atoms with Gasteiger partial charge < -0.3 is 16.0 Å². The molecule has 0 aliphatic carbocycles. The molecule has 0 atom stereocenters. The second-order valence-electron chi connectivity index (χ2n) is 5.52. The number of nitrogens with two attached hydrogens (primary N) is 1. The molecule has 4 nitrogen and oxygen atoms in total. The molecule has 0 unspecified atom stereocenters. The maximum atomic E-state index is 14.1. The number of carbonyl (C=O) groups excluding carboxylic acids is 1. The Hall–Kier alpha value is -1.62. The Morgan fingerprint density at radius 2 is 2.05 bits per heavy atom. The van der Waals surface area contributed by atoms with Gasteiger partial charge in [-0.1, -0.05) is 6.42 Å². The summed E-state index contributed by atoms with van der Waals surface area (Å²) in [6.45, 7) is 4.64. The number of unbranched alkanes of at least 4 members (excludes halogenated alkanes) is 2. The fraction of sp³-hybridized carbons (Fsp3) is 0.562. The van der Waals surface area contributed by atoms with E-state index in [-0.39, 0.29) is 17.8 Å². The van der Waals surface area contributed by atoms with Crippen LogP contribution in [-0.4, -0.2) is 25.5 Å². The highest BCUT2D eigenvalue weighted by molar-refractivity contribution is 5.90. The molecule has 0 saturated heterocycles. The Labute approximate surface area is 126 Å². The van der Waals surface area contributed by atoms with E-state index in [1.54, 1.807) is 12.1 Å². The van der Waals surface area contributed by atoms with Crippen LogP contribution in [0.3, 0.4) is 0 Å². The second-order valence-corrected chi connectivity index (χ2v) is 5.52. The molecule has 118 valence electrons. The largest absolute Gasteiger partial charge is 0.370 e. The maximum Gasteiger partial charge on any atom is 0.224 e. The fourth-order valence-electron chi connectivity index (χ4n) is 1.98. The Bertz CT molecular complexity index is 463. The zero-order valence-electron chi connectivity index (χ0n) is 13.2. The van der Waals surface area contributed by atoms with Crippen LogP contribution in [0.15, 0.2) is 18.2 Å². The number of amides is 1. The predicted molar refractivity (Wildman–Crippen MR) is 86.1 cm³/mol. The van der Waals surface area contributed by atoms with Gasteiger partial charge in [0.1, 0.15) is 5.82 Å². The first kappa shape index (κ1) is 17.4. The van der Waals surface area contributed by atoms with Crippen LogP contribution in [0.1, 0.15) is 39.5 Å². The van der Waals surface area contributed by atoms with Crippen LogP contribution in [-0.2, 0) is 4.79 Å². The van der Waals surface area contributed by atoms with Crippen LogP contribution < -0.4 is 16.0 Å². The molecule has 5 heteroatoms. The molecular formula is C16H26FN3O. The van der Waals surface area contributed by atoms with Crippen molar-refractivity contribution < 1.29 is 9.18 Å². The SMILES string of the molecule is CC(C)N(C)c1ccc(NC(=O)CCCCCN)cc1F. The molecule has 0 radical (unpaired) electrons. The Morgan fingerprint density at radius 3 is 2.62 bits per heavy atom. The third-order valence-corrected chi connectivity index (χ3v) is 3.49. The summed E-state index contributed by atoms with van der Waals surface area (Å²) in [6.07, 6.45) is 3.11. The molecule has 0 aliphatic rings. The Kier molecular flexibility index (Phi) is 7.15. The summed E-state index contributed by atoms with van der Waals surface area (Å²) in [5.74, 6) is -0.413. The lowest BCUT2D eigenvalue weighted by atomic mass is 10.2. The summed E-state index contributed by atoms with van der Waals surface area (Å²) in [7, 11) is 1.85. The number of hydrogen-bond donors (Lipinski definition) is 2. The molecule has 0 saturated carbocycles. The van der Waals surface area contributed by atoms with Crippen molar-refractivity contribution in [3.63, 3.8) is 0 Å². The van der Waals surface area contributed by atoms with Crippen molar-refractivity contribution in [3.8, 4) is 0 Å². The lowest BCUT2D eigenvalue weighted by Crippen LogP contribution is -2.26. The van der Waals surface area contributed by atoms with E-state index in [4.69, 9.17) is 5.73 Å². The van der Waals surface area contributed by atoms with Gasteiger partial charge >= 0.3 is 0 Å². The molecule has 0 heterocycles. The minimum Gasteiger partial charge on any atom is -0.370 e. The number of nitrogens with zero attached hydrogens (tertiary/aromatic N) is 1. The summed E-state index contributed by atoms with van der Waals surface area (Å²) in [5, 5.41) is 2.73. The first-order valence-electron chi connectivity index (χ1n) is 7.48. The standard InChI is InChI=1S/C16H26FN3O/c1-12(2)20(3)15-9-8-13(11-14(15)17)19-16(21)7-5-4-6-10-18/h8-9,11-12H,4-7,10,18H2,1-3H3,(H,19,21). The van der Waals surface area contributed by atoms with Gasteiger partial charge in [-0.15, -0.1) is 0 Å². The van der Waals surface area contributed by atoms with Gasteiger partial charge in [0.05, 0.1) is 5.69 Å². The van der Waals surface area contributed by atoms with Crippen molar-refractivity contribution in [2.75, 3.05) is 23.8 Å². The van der Waals surface area contributed by atoms with Crippen LogP contribution in [0.25, 0.3) is 0 Å². The van der Waals surface area contributed by atoms with E-state index >= 15 is 0 Å². The lowest BCUT2D eigenvalue weighted by Gasteiger charge is -2.24. The summed E-state index contributed by atoms with van der Waals surface area (Å²) >= 11 is 0. The minimum atomic E-state index is -0.327. The molecule has 1 aromatic rings. The van der Waals surface area contributed by atoms with E-state index in [0.29, 0.717) is 24.3 Å². The molecule has 21 heavy (non-hydrogen) atoms. The Morgan fingerprint density at radius 1 is 1.33 bits per heavy atom. The number of anilines is 2. The highest BCUT2D eigenvalue weighted by atomic mass is 19.1. The number of rotatable bonds is 8. The summed E-state index contributed by atoms with van der Waals surface area (Å²) < 4.78 is 14.1. The Balaban J connectivity index is 2.57. The normalized spacial score (nSPS) is 10.8. The molecule has 0 bridgehead atoms. The van der Waals surface area contributed by atoms with E-state index in [2.05, 4.69) is 5.32 Å². The zero-order valence-corrected chi connectivity index (χ0v) is 13.2. The van der Waals surface area contributed by atoms with Crippen LogP contribution >= 0.6 is 0 Å². The van der Waals surface area contributed by atoms with Gasteiger partial charge in [0.25, 0.3) is 0 Å². The summed E-state index contributed by atoms with van der Waals surface area (Å²) in [6, 6.07) is 5.00. The van der Waals surface area contributed by atoms with Gasteiger partial charge in [-0.3, -0.25) is 4.79 Å². The predicted octanol–water partition coefficient (Wildman–Crippen LogP) is 3.13. The number of halogens is 1. The molecule has 1 rings (SSSR count). The monoisotopic (exact) mass is 295 g/mol. The number of nitrogens with one attached hydrogen (secondary N) is 1. The maximum absolute atomic E-state index is 14.1. The lowest BCUT2D eigenvalue weighted by molar-refractivity contribution is -0.116. The average Bonchev–Trinajstić information content (AvgIpc) is 2.43. The minimum absolute atomic E-state index is 0.0867. The second kappa shape index (κ2) is 8.62. The number of benzene rings is 1. The summed E-state index contributed by atoms with van der Waals surface area (Å²) in [4.78, 5) is 13.6. The molecule has 3 N–H and O–H groups in total. The van der Waals surface area contributed by atoms with E-state index in [9.17, 15) is 9.18 Å². The fourth-order valence-corrected chi connectivity index (χ4v) is 1.98.